The molecule has 0 saturated heterocycles. The van der Waals surface area contributed by atoms with Crippen LogP contribution in [0.2, 0.25) is 0 Å². The molecule has 1 aliphatic rings. The monoisotopic (exact) mass is 395 g/mol. The van der Waals surface area contributed by atoms with Crippen LogP contribution in [-0.4, -0.2) is 30.1 Å². The molecule has 1 fully saturated rings. The maximum absolute atomic E-state index is 13.4. The van der Waals surface area contributed by atoms with Crippen molar-refractivity contribution in [3.05, 3.63) is 65.7 Å². The van der Waals surface area contributed by atoms with Gasteiger partial charge in [-0.2, -0.15) is 0 Å². The number of rotatable bonds is 8. The molecule has 2 aromatic carbocycles. The summed E-state index contributed by atoms with van der Waals surface area (Å²) in [5, 5.41) is 12.5. The molecule has 0 bridgehead atoms. The van der Waals surface area contributed by atoms with Gasteiger partial charge in [0, 0.05) is 6.42 Å². The van der Waals surface area contributed by atoms with Crippen molar-refractivity contribution < 1.29 is 19.4 Å². The molecule has 2 aromatic rings. The van der Waals surface area contributed by atoms with E-state index < -0.39 is 17.4 Å². The summed E-state index contributed by atoms with van der Waals surface area (Å²) >= 11 is 0. The molecular formula is C24H29NO4. The smallest absolute Gasteiger partial charge is 0.326 e. The maximum atomic E-state index is 13.4. The quantitative estimate of drug-likeness (QED) is 0.708. The molecule has 29 heavy (non-hydrogen) atoms. The van der Waals surface area contributed by atoms with Gasteiger partial charge in [-0.1, -0.05) is 61.7 Å². The molecule has 154 valence electrons. The average Bonchev–Trinajstić information content (AvgIpc) is 2.75. The molecule has 1 amide bonds. The molecule has 1 saturated carbocycles. The number of carbonyl (C=O) groups is 2. The number of methoxy groups -OCH3 is 1. The summed E-state index contributed by atoms with van der Waals surface area (Å²) in [7, 11) is 1.63. The van der Waals surface area contributed by atoms with Crippen LogP contribution in [0.4, 0.5) is 0 Å². The van der Waals surface area contributed by atoms with Gasteiger partial charge in [0.25, 0.3) is 0 Å². The lowest BCUT2D eigenvalue weighted by Crippen LogP contribution is -2.51. The van der Waals surface area contributed by atoms with Crippen molar-refractivity contribution in [1.29, 1.82) is 0 Å². The van der Waals surface area contributed by atoms with Crippen molar-refractivity contribution >= 4 is 11.9 Å². The van der Waals surface area contributed by atoms with Crippen molar-refractivity contribution in [1.82, 2.24) is 5.32 Å². The molecule has 0 aromatic heterocycles. The van der Waals surface area contributed by atoms with Crippen LogP contribution in [-0.2, 0) is 22.4 Å². The summed E-state index contributed by atoms with van der Waals surface area (Å²) in [6, 6.07) is 16.3. The van der Waals surface area contributed by atoms with Gasteiger partial charge in [-0.05, 0) is 42.5 Å². The van der Waals surface area contributed by atoms with Crippen LogP contribution in [0.15, 0.2) is 54.6 Å². The molecule has 3 rings (SSSR count). The molecule has 1 atom stereocenters. The minimum absolute atomic E-state index is 0.142. The van der Waals surface area contributed by atoms with Gasteiger partial charge in [-0.15, -0.1) is 0 Å². The average molecular weight is 395 g/mol. The highest BCUT2D eigenvalue weighted by molar-refractivity contribution is 5.88. The van der Waals surface area contributed by atoms with E-state index >= 15 is 0 Å². The predicted molar refractivity (Wildman–Crippen MR) is 112 cm³/mol. The first kappa shape index (κ1) is 20.9. The zero-order valence-electron chi connectivity index (χ0n) is 16.9. The SMILES string of the molecule is COc1ccc(CC2(C(=O)N[C@@H](Cc3ccccc3)C(=O)O)CCCCC2)cc1. The lowest BCUT2D eigenvalue weighted by molar-refractivity contribution is -0.144. The van der Waals surface area contributed by atoms with Crippen molar-refractivity contribution in [2.24, 2.45) is 5.41 Å². The van der Waals surface area contributed by atoms with Crippen molar-refractivity contribution in [2.45, 2.75) is 51.0 Å². The first-order valence-corrected chi connectivity index (χ1v) is 10.2. The first-order valence-electron chi connectivity index (χ1n) is 10.2. The summed E-state index contributed by atoms with van der Waals surface area (Å²) in [6.07, 6.45) is 5.54. The van der Waals surface area contributed by atoms with Crippen LogP contribution in [0.1, 0.15) is 43.2 Å². The molecule has 5 heteroatoms. The normalized spacial score (nSPS) is 16.6. The summed E-state index contributed by atoms with van der Waals surface area (Å²) < 4.78 is 5.22. The largest absolute Gasteiger partial charge is 0.497 e. The molecule has 2 N–H and O–H groups in total. The van der Waals surface area contributed by atoms with E-state index in [0.717, 1.165) is 49.0 Å². The van der Waals surface area contributed by atoms with E-state index in [4.69, 9.17) is 4.74 Å². The number of carbonyl (C=O) groups excluding carboxylic acids is 1. The summed E-state index contributed by atoms with van der Waals surface area (Å²) in [4.78, 5) is 25.2. The number of aliphatic carboxylic acids is 1. The van der Waals surface area contributed by atoms with Gasteiger partial charge in [-0.25, -0.2) is 4.79 Å². The third-order valence-corrected chi connectivity index (χ3v) is 5.88. The third-order valence-electron chi connectivity index (χ3n) is 5.88. The standard InChI is InChI=1S/C24H29NO4/c1-29-20-12-10-19(11-13-20)17-24(14-6-3-7-15-24)23(28)25-21(22(26)27)16-18-8-4-2-5-9-18/h2,4-5,8-13,21H,3,6-7,14-17H2,1H3,(H,25,28)(H,26,27)/t21-/m0/s1. The molecule has 0 aliphatic heterocycles. The van der Waals surface area contributed by atoms with E-state index in [0.29, 0.717) is 6.42 Å². The Bertz CT molecular complexity index is 811. The number of amides is 1. The zero-order valence-corrected chi connectivity index (χ0v) is 16.9. The van der Waals surface area contributed by atoms with Gasteiger partial charge >= 0.3 is 5.97 Å². The van der Waals surface area contributed by atoms with Crippen LogP contribution in [0.3, 0.4) is 0 Å². The van der Waals surface area contributed by atoms with E-state index in [-0.39, 0.29) is 12.3 Å². The van der Waals surface area contributed by atoms with Crippen LogP contribution < -0.4 is 10.1 Å². The van der Waals surface area contributed by atoms with E-state index in [1.54, 1.807) is 7.11 Å². The number of nitrogens with one attached hydrogen (secondary N) is 1. The highest BCUT2D eigenvalue weighted by Gasteiger charge is 2.41. The minimum atomic E-state index is -1.00. The van der Waals surface area contributed by atoms with Gasteiger partial charge in [0.1, 0.15) is 11.8 Å². The Balaban J connectivity index is 1.77. The fourth-order valence-electron chi connectivity index (χ4n) is 4.21. The third kappa shape index (κ3) is 5.37. The molecule has 0 radical (unpaired) electrons. The Morgan fingerprint density at radius 2 is 1.66 bits per heavy atom. The number of ether oxygens (including phenoxy) is 1. The van der Waals surface area contributed by atoms with Crippen molar-refractivity contribution in [2.75, 3.05) is 7.11 Å². The van der Waals surface area contributed by atoms with Crippen LogP contribution in [0, 0.1) is 5.41 Å². The summed E-state index contributed by atoms with van der Waals surface area (Å²) in [5.41, 5.74) is 1.41. The van der Waals surface area contributed by atoms with Crippen molar-refractivity contribution in [3.63, 3.8) is 0 Å². The Morgan fingerprint density at radius 3 is 2.24 bits per heavy atom. The fourth-order valence-corrected chi connectivity index (χ4v) is 4.21. The maximum Gasteiger partial charge on any atom is 0.326 e. The molecule has 5 nitrogen and oxygen atoms in total. The highest BCUT2D eigenvalue weighted by atomic mass is 16.5. The second-order valence-electron chi connectivity index (χ2n) is 7.92. The molecule has 0 heterocycles. The predicted octanol–water partition coefficient (Wildman–Crippen LogP) is 4.00. The first-order chi connectivity index (χ1) is 14.0. The lowest BCUT2D eigenvalue weighted by atomic mass is 9.69. The van der Waals surface area contributed by atoms with Gasteiger partial charge in [-0.3, -0.25) is 4.79 Å². The van der Waals surface area contributed by atoms with E-state index in [1.165, 1.54) is 0 Å². The molecule has 0 unspecified atom stereocenters. The Morgan fingerprint density at radius 1 is 1.00 bits per heavy atom. The van der Waals surface area contributed by atoms with Gasteiger partial charge in [0.15, 0.2) is 0 Å². The highest BCUT2D eigenvalue weighted by Crippen LogP contribution is 2.40. The Kier molecular flexibility index (Phi) is 6.91. The van der Waals surface area contributed by atoms with Gasteiger partial charge in [0.05, 0.1) is 12.5 Å². The molecule has 0 spiro atoms. The number of hydrogen-bond acceptors (Lipinski definition) is 3. The van der Waals surface area contributed by atoms with Crippen molar-refractivity contribution in [3.8, 4) is 5.75 Å². The number of benzene rings is 2. The number of carboxylic acid groups (broad SMARTS) is 1. The van der Waals surface area contributed by atoms with Crippen LogP contribution in [0.5, 0.6) is 5.75 Å². The summed E-state index contributed by atoms with van der Waals surface area (Å²) in [6.45, 7) is 0. The fraction of sp³-hybridized carbons (Fsp3) is 0.417. The van der Waals surface area contributed by atoms with Crippen LogP contribution >= 0.6 is 0 Å². The zero-order chi connectivity index (χ0) is 20.7. The van der Waals surface area contributed by atoms with Gasteiger partial charge in [0.2, 0.25) is 5.91 Å². The second-order valence-corrected chi connectivity index (χ2v) is 7.92. The number of carboxylic acids is 1. The van der Waals surface area contributed by atoms with E-state index in [9.17, 15) is 14.7 Å². The Labute approximate surface area is 172 Å². The van der Waals surface area contributed by atoms with E-state index in [1.807, 2.05) is 54.6 Å². The van der Waals surface area contributed by atoms with E-state index in [2.05, 4.69) is 5.32 Å². The molecule has 1 aliphatic carbocycles. The molecular weight excluding hydrogens is 366 g/mol. The summed E-state index contributed by atoms with van der Waals surface area (Å²) in [5.74, 6) is -0.362. The number of hydrogen-bond donors (Lipinski definition) is 2. The van der Waals surface area contributed by atoms with Gasteiger partial charge < -0.3 is 15.2 Å². The second kappa shape index (κ2) is 9.59. The minimum Gasteiger partial charge on any atom is -0.497 e. The lowest BCUT2D eigenvalue weighted by Gasteiger charge is -2.37. The topological polar surface area (TPSA) is 75.6 Å². The Hall–Kier alpha value is -2.82. The van der Waals surface area contributed by atoms with Crippen LogP contribution in [0.25, 0.3) is 0 Å².